The van der Waals surface area contributed by atoms with Crippen molar-refractivity contribution >= 4 is 11.8 Å². The summed E-state index contributed by atoms with van der Waals surface area (Å²) in [6.45, 7) is 2.66. The summed E-state index contributed by atoms with van der Waals surface area (Å²) in [6, 6.07) is -1.40. The fourth-order valence-corrected chi connectivity index (χ4v) is 3.24. The highest BCUT2D eigenvalue weighted by Crippen LogP contribution is 2.31. The molecule has 1 aliphatic heterocycles. The van der Waals surface area contributed by atoms with E-state index in [0.717, 1.165) is 25.7 Å². The maximum absolute atomic E-state index is 12.7. The van der Waals surface area contributed by atoms with Gasteiger partial charge in [0.15, 0.2) is 0 Å². The quantitative estimate of drug-likeness (QED) is 0.244. The van der Waals surface area contributed by atoms with Crippen LogP contribution in [0.1, 0.15) is 58.3 Å². The normalized spacial score (nSPS) is 25.2. The van der Waals surface area contributed by atoms with Crippen molar-refractivity contribution in [3.8, 4) is 0 Å². The van der Waals surface area contributed by atoms with Crippen LogP contribution in [0.2, 0.25) is 0 Å². The van der Waals surface area contributed by atoms with Gasteiger partial charge in [0, 0.05) is 0 Å². The molecule has 9 heteroatoms. The fraction of sp³-hybridized carbons (Fsp3) is 0.882. The number of nitrogens with zero attached hydrogens (tertiary/aromatic N) is 1. The van der Waals surface area contributed by atoms with E-state index in [4.69, 9.17) is 22.9 Å². The largest absolute Gasteiger partial charge is 0.371 e. The summed E-state index contributed by atoms with van der Waals surface area (Å²) in [5, 5.41) is 13.4. The lowest BCUT2D eigenvalue weighted by Crippen LogP contribution is -2.60. The molecule has 0 aromatic rings. The maximum atomic E-state index is 12.7. The Morgan fingerprint density at radius 3 is 2.19 bits per heavy atom. The maximum Gasteiger partial charge on any atom is 0.243 e. The minimum absolute atomic E-state index is 0.334. The van der Waals surface area contributed by atoms with Crippen LogP contribution in [0.5, 0.6) is 0 Å². The molecule has 152 valence electrons. The minimum atomic E-state index is -1.34. The van der Waals surface area contributed by atoms with Crippen LogP contribution < -0.4 is 28.3 Å². The molecule has 9 nitrogen and oxygen atoms in total. The predicted octanol–water partition coefficient (Wildman–Crippen LogP) is -1.33. The van der Waals surface area contributed by atoms with E-state index in [2.05, 4.69) is 5.32 Å². The number of nitrogens with two attached hydrogens (primary N) is 4. The summed E-state index contributed by atoms with van der Waals surface area (Å²) in [4.78, 5) is 26.4. The number of rotatable bonds is 11. The van der Waals surface area contributed by atoms with E-state index < -0.39 is 24.0 Å². The van der Waals surface area contributed by atoms with Crippen molar-refractivity contribution < 1.29 is 14.7 Å². The molecular weight excluding hydrogens is 336 g/mol. The van der Waals surface area contributed by atoms with Gasteiger partial charge in [-0.1, -0.05) is 12.8 Å². The number of unbranched alkanes of at least 4 members (excludes halogenated alkanes) is 2. The molecule has 1 saturated heterocycles. The third-order valence-corrected chi connectivity index (χ3v) is 4.86. The Morgan fingerprint density at radius 1 is 1.12 bits per heavy atom. The molecule has 0 bridgehead atoms. The van der Waals surface area contributed by atoms with Gasteiger partial charge in [0.1, 0.15) is 11.9 Å². The van der Waals surface area contributed by atoms with Gasteiger partial charge in [-0.15, -0.1) is 0 Å². The molecule has 1 aliphatic rings. The summed E-state index contributed by atoms with van der Waals surface area (Å²) >= 11 is 0. The zero-order chi connectivity index (χ0) is 19.7. The van der Waals surface area contributed by atoms with Crippen LogP contribution in [0.25, 0.3) is 0 Å². The van der Waals surface area contributed by atoms with Gasteiger partial charge in [-0.2, -0.15) is 0 Å². The number of carbonyl (C=O) groups excluding carboxylic acids is 2. The van der Waals surface area contributed by atoms with E-state index in [1.54, 1.807) is 6.92 Å². The third kappa shape index (κ3) is 6.48. The smallest absolute Gasteiger partial charge is 0.243 e. The highest BCUT2D eigenvalue weighted by Gasteiger charge is 2.46. The highest BCUT2D eigenvalue weighted by atomic mass is 16.3. The van der Waals surface area contributed by atoms with Crippen LogP contribution in [0.3, 0.4) is 0 Å². The second kappa shape index (κ2) is 10.8. The number of carbonyl (C=O) groups is 2. The Morgan fingerprint density at radius 2 is 1.65 bits per heavy atom. The van der Waals surface area contributed by atoms with E-state index in [-0.39, 0.29) is 11.8 Å². The number of likely N-dealkylation sites (tertiary alicyclic amines) is 1. The monoisotopic (exact) mass is 372 g/mol. The summed E-state index contributed by atoms with van der Waals surface area (Å²) in [5.74, 6) is -0.703. The van der Waals surface area contributed by atoms with Crippen LogP contribution in [0, 0.1) is 0 Å². The average molecular weight is 373 g/mol. The van der Waals surface area contributed by atoms with E-state index in [0.29, 0.717) is 38.8 Å². The molecule has 4 atom stereocenters. The SMILES string of the molecule is CC1(O)CCC(NC(=O)[C@@H](N)CCCCN)N1C(=O)[C@@H](N)CCCCN. The summed E-state index contributed by atoms with van der Waals surface area (Å²) in [7, 11) is 0. The second-order valence-corrected chi connectivity index (χ2v) is 7.27. The Balaban J connectivity index is 2.68. The number of hydrogen-bond acceptors (Lipinski definition) is 7. The molecule has 1 rings (SSSR count). The van der Waals surface area contributed by atoms with Gasteiger partial charge >= 0.3 is 0 Å². The lowest BCUT2D eigenvalue weighted by atomic mass is 10.1. The van der Waals surface area contributed by atoms with Gasteiger partial charge in [0.2, 0.25) is 11.8 Å². The molecule has 2 unspecified atom stereocenters. The molecule has 2 amide bonds. The van der Waals surface area contributed by atoms with Gasteiger partial charge in [0.25, 0.3) is 0 Å². The summed E-state index contributed by atoms with van der Waals surface area (Å²) < 4.78 is 0. The van der Waals surface area contributed by atoms with E-state index in [1.807, 2.05) is 0 Å². The van der Waals surface area contributed by atoms with Crippen LogP contribution in [0.4, 0.5) is 0 Å². The number of amides is 2. The Kier molecular flexibility index (Phi) is 9.45. The van der Waals surface area contributed by atoms with E-state index >= 15 is 0 Å². The van der Waals surface area contributed by atoms with Crippen molar-refractivity contribution in [3.05, 3.63) is 0 Å². The zero-order valence-corrected chi connectivity index (χ0v) is 15.8. The van der Waals surface area contributed by atoms with Crippen LogP contribution in [-0.4, -0.2) is 58.9 Å². The standard InChI is InChI=1S/C17H36N6O3/c1-17(26)9-8-14(22-15(24)12(20)6-2-4-10-18)23(17)16(25)13(21)7-3-5-11-19/h12-14,26H,2-11,18-21H2,1H3,(H,22,24)/t12-,13-,14?,17?/m0/s1. The summed E-state index contributed by atoms with van der Waals surface area (Å²) in [6.07, 6.45) is 4.32. The summed E-state index contributed by atoms with van der Waals surface area (Å²) in [5.41, 5.74) is 21.5. The molecule has 26 heavy (non-hydrogen) atoms. The van der Waals surface area contributed by atoms with E-state index in [9.17, 15) is 14.7 Å². The van der Waals surface area contributed by atoms with Crippen LogP contribution in [-0.2, 0) is 9.59 Å². The average Bonchev–Trinajstić information content (AvgIpc) is 2.88. The van der Waals surface area contributed by atoms with Gasteiger partial charge in [-0.25, -0.2) is 0 Å². The molecule has 0 radical (unpaired) electrons. The van der Waals surface area contributed by atoms with Gasteiger partial charge in [0.05, 0.1) is 12.1 Å². The van der Waals surface area contributed by atoms with Crippen molar-refractivity contribution in [1.82, 2.24) is 10.2 Å². The number of nitrogens with one attached hydrogen (secondary N) is 1. The first-order valence-electron chi connectivity index (χ1n) is 9.51. The minimum Gasteiger partial charge on any atom is -0.371 e. The van der Waals surface area contributed by atoms with Crippen molar-refractivity contribution in [3.63, 3.8) is 0 Å². The van der Waals surface area contributed by atoms with Crippen molar-refractivity contribution in [2.75, 3.05) is 13.1 Å². The molecule has 0 spiro atoms. The van der Waals surface area contributed by atoms with Crippen molar-refractivity contribution in [1.29, 1.82) is 0 Å². The predicted molar refractivity (Wildman–Crippen MR) is 100 cm³/mol. The van der Waals surface area contributed by atoms with Crippen LogP contribution in [0.15, 0.2) is 0 Å². The van der Waals surface area contributed by atoms with E-state index in [1.165, 1.54) is 4.90 Å². The third-order valence-electron chi connectivity index (χ3n) is 4.86. The van der Waals surface area contributed by atoms with Gasteiger partial charge in [-0.05, 0) is 58.5 Å². The number of hydrogen-bond donors (Lipinski definition) is 6. The molecule has 0 aromatic heterocycles. The Hall–Kier alpha value is -1.26. The molecule has 10 N–H and O–H groups in total. The molecule has 1 fully saturated rings. The Labute approximate surface area is 155 Å². The van der Waals surface area contributed by atoms with Crippen molar-refractivity contribution in [2.24, 2.45) is 22.9 Å². The molecule has 0 aliphatic carbocycles. The van der Waals surface area contributed by atoms with Crippen molar-refractivity contribution in [2.45, 2.75) is 82.3 Å². The molecule has 0 saturated carbocycles. The zero-order valence-electron chi connectivity index (χ0n) is 15.8. The van der Waals surface area contributed by atoms with Gasteiger partial charge in [-0.3, -0.25) is 14.5 Å². The van der Waals surface area contributed by atoms with Gasteiger partial charge < -0.3 is 33.4 Å². The molecule has 1 heterocycles. The Bertz CT molecular complexity index is 460. The lowest BCUT2D eigenvalue weighted by molar-refractivity contribution is -0.157. The molecular formula is C17H36N6O3. The van der Waals surface area contributed by atoms with Crippen LogP contribution >= 0.6 is 0 Å². The first-order chi connectivity index (χ1) is 12.2. The fourth-order valence-electron chi connectivity index (χ4n) is 3.24. The second-order valence-electron chi connectivity index (χ2n) is 7.27. The highest BCUT2D eigenvalue weighted by molar-refractivity contribution is 5.85. The first kappa shape index (κ1) is 22.8. The first-order valence-corrected chi connectivity index (χ1v) is 9.51. The molecule has 0 aromatic carbocycles. The lowest BCUT2D eigenvalue weighted by Gasteiger charge is -2.36. The topological polar surface area (TPSA) is 174 Å². The number of aliphatic hydroxyl groups is 1.